The van der Waals surface area contributed by atoms with Gasteiger partial charge in [-0.2, -0.15) is 0 Å². The number of imide groups is 1. The predicted octanol–water partition coefficient (Wildman–Crippen LogP) is 3.68. The molecule has 0 atom stereocenters. The molecule has 1 aliphatic rings. The molecule has 0 saturated carbocycles. The Labute approximate surface area is 148 Å². The number of amides is 2. The zero-order valence-electron chi connectivity index (χ0n) is 15.5. The van der Waals surface area contributed by atoms with Gasteiger partial charge in [0.15, 0.2) is 0 Å². The number of imidazole rings is 1. The maximum Gasteiger partial charge on any atom is 0.262 e. The first-order chi connectivity index (χ1) is 11.6. The fourth-order valence-electron chi connectivity index (χ4n) is 4.06. The number of carbonyl (C=O) groups is 2. The molecule has 0 aliphatic carbocycles. The van der Waals surface area contributed by atoms with Gasteiger partial charge in [-0.15, -0.1) is 0 Å². The summed E-state index contributed by atoms with van der Waals surface area (Å²) in [6.07, 6.45) is 4.36. The highest BCUT2D eigenvalue weighted by molar-refractivity contribution is 6.21. The first kappa shape index (κ1) is 17.4. The van der Waals surface area contributed by atoms with E-state index in [1.54, 1.807) is 24.3 Å². The van der Waals surface area contributed by atoms with Gasteiger partial charge in [0.25, 0.3) is 11.8 Å². The van der Waals surface area contributed by atoms with Crippen molar-refractivity contribution < 1.29 is 9.59 Å². The van der Waals surface area contributed by atoms with Crippen molar-refractivity contribution in [2.75, 3.05) is 0 Å². The van der Waals surface area contributed by atoms with Crippen LogP contribution in [0.2, 0.25) is 0 Å². The van der Waals surface area contributed by atoms with Crippen molar-refractivity contribution in [3.05, 3.63) is 53.6 Å². The van der Waals surface area contributed by atoms with Crippen LogP contribution in [0.3, 0.4) is 0 Å². The molecular formula is C20H25N3O2. The van der Waals surface area contributed by atoms with Crippen LogP contribution >= 0.6 is 0 Å². The van der Waals surface area contributed by atoms with Crippen LogP contribution in [-0.2, 0) is 6.54 Å². The van der Waals surface area contributed by atoms with E-state index in [2.05, 4.69) is 23.4 Å². The minimum atomic E-state index is -0.578. The number of hydrogen-bond acceptors (Lipinski definition) is 3. The summed E-state index contributed by atoms with van der Waals surface area (Å²) in [5.41, 5.74) is 1.43. The number of carbonyl (C=O) groups excluding carboxylic acids is 2. The first-order valence-electron chi connectivity index (χ1n) is 8.57. The summed E-state index contributed by atoms with van der Waals surface area (Å²) in [5, 5.41) is 0. The number of nitrogens with zero attached hydrogens (tertiary/aromatic N) is 3. The van der Waals surface area contributed by atoms with E-state index in [1.165, 1.54) is 4.90 Å². The second-order valence-corrected chi connectivity index (χ2v) is 8.31. The predicted molar refractivity (Wildman–Crippen MR) is 96.4 cm³/mol. The zero-order valence-corrected chi connectivity index (χ0v) is 15.5. The Balaban J connectivity index is 1.83. The maximum atomic E-state index is 12.8. The fourth-order valence-corrected chi connectivity index (χ4v) is 4.06. The quantitative estimate of drug-likeness (QED) is 0.781. The molecule has 3 rings (SSSR count). The van der Waals surface area contributed by atoms with Crippen molar-refractivity contribution in [2.24, 2.45) is 5.41 Å². The molecule has 0 N–H and O–H groups in total. The fraction of sp³-hybridized carbons (Fsp3) is 0.450. The van der Waals surface area contributed by atoms with Crippen LogP contribution in [0.4, 0.5) is 0 Å². The lowest BCUT2D eigenvalue weighted by Crippen LogP contribution is -2.50. The van der Waals surface area contributed by atoms with Crippen LogP contribution in [0.15, 0.2) is 36.8 Å². The molecule has 2 amide bonds. The highest BCUT2D eigenvalue weighted by Gasteiger charge is 2.45. The third kappa shape index (κ3) is 3.11. The monoisotopic (exact) mass is 339 g/mol. The normalized spacial score (nSPS) is 15.0. The van der Waals surface area contributed by atoms with Crippen molar-refractivity contribution in [3.63, 3.8) is 0 Å². The third-order valence-electron chi connectivity index (χ3n) is 4.83. The summed E-state index contributed by atoms with van der Waals surface area (Å²) in [6.45, 7) is 11.1. The van der Waals surface area contributed by atoms with E-state index in [9.17, 15) is 9.59 Å². The van der Waals surface area contributed by atoms with Crippen LogP contribution in [0.1, 0.15) is 60.5 Å². The van der Waals surface area contributed by atoms with Crippen LogP contribution in [0.25, 0.3) is 0 Å². The summed E-state index contributed by atoms with van der Waals surface area (Å²) >= 11 is 0. The van der Waals surface area contributed by atoms with E-state index in [1.807, 2.05) is 33.3 Å². The molecule has 0 fully saturated rings. The number of fused-ring (bicyclic) bond motifs is 1. The van der Waals surface area contributed by atoms with E-state index < -0.39 is 5.54 Å². The van der Waals surface area contributed by atoms with Crippen LogP contribution in [-0.4, -0.2) is 31.8 Å². The molecule has 5 heteroatoms. The van der Waals surface area contributed by atoms with Gasteiger partial charge in [-0.05, 0) is 44.7 Å². The molecular weight excluding hydrogens is 314 g/mol. The lowest BCUT2D eigenvalue weighted by atomic mass is 9.79. The molecule has 2 aromatic rings. The van der Waals surface area contributed by atoms with Gasteiger partial charge in [0, 0.05) is 24.0 Å². The van der Waals surface area contributed by atoms with Crippen molar-refractivity contribution >= 4 is 11.8 Å². The molecule has 0 bridgehead atoms. The molecule has 0 radical (unpaired) electrons. The van der Waals surface area contributed by atoms with E-state index in [0.29, 0.717) is 17.5 Å². The van der Waals surface area contributed by atoms with Gasteiger partial charge in [-0.3, -0.25) is 14.5 Å². The summed E-state index contributed by atoms with van der Waals surface area (Å²) in [4.78, 5) is 31.2. The largest absolute Gasteiger partial charge is 0.334 e. The van der Waals surface area contributed by atoms with E-state index in [4.69, 9.17) is 0 Å². The van der Waals surface area contributed by atoms with Gasteiger partial charge in [-0.25, -0.2) is 4.98 Å². The molecule has 0 unspecified atom stereocenters. The molecule has 1 aromatic carbocycles. The van der Waals surface area contributed by atoms with Crippen molar-refractivity contribution in [3.8, 4) is 0 Å². The minimum absolute atomic E-state index is 0.107. The van der Waals surface area contributed by atoms with Gasteiger partial charge < -0.3 is 4.57 Å². The Morgan fingerprint density at radius 2 is 1.56 bits per heavy atom. The Kier molecular flexibility index (Phi) is 4.06. The standard InChI is InChI=1S/C20H25N3O2/c1-14-10-21-13-22(14)12-19(2,3)11-20(4,5)23-17(24)15-8-6-7-9-16(15)18(23)25/h6-10,13H,11-12H2,1-5H3. The van der Waals surface area contributed by atoms with Gasteiger partial charge in [-0.1, -0.05) is 26.0 Å². The highest BCUT2D eigenvalue weighted by Crippen LogP contribution is 2.37. The van der Waals surface area contributed by atoms with Crippen molar-refractivity contribution in [2.45, 2.75) is 53.1 Å². The van der Waals surface area contributed by atoms with Gasteiger partial charge in [0.1, 0.15) is 0 Å². The molecule has 0 saturated heterocycles. The molecule has 1 aromatic heterocycles. The summed E-state index contributed by atoms with van der Waals surface area (Å²) in [5.74, 6) is -0.388. The molecule has 132 valence electrons. The van der Waals surface area contributed by atoms with Crippen molar-refractivity contribution in [1.82, 2.24) is 14.5 Å². The molecule has 2 heterocycles. The Bertz CT molecular complexity index is 798. The zero-order chi connectivity index (χ0) is 18.4. The second kappa shape index (κ2) is 5.83. The summed E-state index contributed by atoms with van der Waals surface area (Å²) in [7, 11) is 0. The van der Waals surface area contributed by atoms with Gasteiger partial charge in [0.05, 0.1) is 17.5 Å². The van der Waals surface area contributed by atoms with E-state index >= 15 is 0 Å². The SMILES string of the molecule is Cc1cncn1CC(C)(C)CC(C)(C)N1C(=O)c2ccccc2C1=O. The number of hydrogen-bond donors (Lipinski definition) is 0. The van der Waals surface area contributed by atoms with E-state index in [0.717, 1.165) is 12.2 Å². The van der Waals surface area contributed by atoms with Gasteiger partial charge in [0.2, 0.25) is 0 Å². The lowest BCUT2D eigenvalue weighted by Gasteiger charge is -2.40. The first-order valence-corrected chi connectivity index (χ1v) is 8.57. The number of aryl methyl sites for hydroxylation is 1. The molecule has 25 heavy (non-hydrogen) atoms. The number of benzene rings is 1. The lowest BCUT2D eigenvalue weighted by molar-refractivity contribution is 0.0381. The molecule has 0 spiro atoms. The smallest absolute Gasteiger partial charge is 0.262 e. The summed E-state index contributed by atoms with van der Waals surface area (Å²) in [6, 6.07) is 7.05. The minimum Gasteiger partial charge on any atom is -0.334 e. The average molecular weight is 339 g/mol. The Morgan fingerprint density at radius 3 is 2.04 bits per heavy atom. The van der Waals surface area contributed by atoms with Gasteiger partial charge >= 0.3 is 0 Å². The van der Waals surface area contributed by atoms with Crippen LogP contribution in [0.5, 0.6) is 0 Å². The average Bonchev–Trinajstić information content (AvgIpc) is 3.01. The Hall–Kier alpha value is -2.43. The molecule has 1 aliphatic heterocycles. The summed E-state index contributed by atoms with van der Waals surface area (Å²) < 4.78 is 2.11. The van der Waals surface area contributed by atoms with Crippen LogP contribution < -0.4 is 0 Å². The third-order valence-corrected chi connectivity index (χ3v) is 4.83. The number of rotatable bonds is 5. The second-order valence-electron chi connectivity index (χ2n) is 8.31. The Morgan fingerprint density at radius 1 is 1.00 bits per heavy atom. The molecule has 5 nitrogen and oxygen atoms in total. The highest BCUT2D eigenvalue weighted by atomic mass is 16.2. The topological polar surface area (TPSA) is 55.2 Å². The van der Waals surface area contributed by atoms with Crippen LogP contribution in [0, 0.1) is 12.3 Å². The maximum absolute atomic E-state index is 12.8. The number of aromatic nitrogens is 2. The van der Waals surface area contributed by atoms with Crippen molar-refractivity contribution in [1.29, 1.82) is 0 Å². The van der Waals surface area contributed by atoms with E-state index in [-0.39, 0.29) is 17.2 Å².